The molecule has 0 amide bonds. The Bertz CT molecular complexity index is 1820. The number of imidazole rings is 1. The molecule has 2 fully saturated rings. The summed E-state index contributed by atoms with van der Waals surface area (Å²) in [6.07, 6.45) is 13.3. The largest absolute Gasteiger partial charge is 0.332 e. The van der Waals surface area contributed by atoms with Crippen molar-refractivity contribution in [2.24, 2.45) is 0 Å². The van der Waals surface area contributed by atoms with Gasteiger partial charge in [0.15, 0.2) is 0 Å². The minimum Gasteiger partial charge on any atom is -0.332 e. The normalized spacial score (nSPS) is 16.9. The van der Waals surface area contributed by atoms with Gasteiger partial charge in [-0.1, -0.05) is 74.9 Å². The molecule has 2 saturated carbocycles. The fourth-order valence-electron chi connectivity index (χ4n) is 7.58. The predicted molar refractivity (Wildman–Crippen MR) is 170 cm³/mol. The van der Waals surface area contributed by atoms with Crippen molar-refractivity contribution in [2.75, 3.05) is 0 Å². The van der Waals surface area contributed by atoms with Crippen LogP contribution in [0.3, 0.4) is 0 Å². The fourth-order valence-corrected chi connectivity index (χ4v) is 8.88. The molecular weight excluding hydrogens is 697 g/mol. The van der Waals surface area contributed by atoms with Crippen LogP contribution in [0, 0.1) is 6.07 Å². The van der Waals surface area contributed by atoms with Gasteiger partial charge in [0.2, 0.25) is 0 Å². The van der Waals surface area contributed by atoms with Crippen LogP contribution in [-0.2, 0) is 20.1 Å². The van der Waals surface area contributed by atoms with Gasteiger partial charge in [0, 0.05) is 40.3 Å². The Kier molecular flexibility index (Phi) is 7.58. The van der Waals surface area contributed by atoms with E-state index in [9.17, 15) is 0 Å². The quantitative estimate of drug-likeness (QED) is 0.165. The average Bonchev–Trinajstić information content (AvgIpc) is 3.61. The third kappa shape index (κ3) is 4.69. The zero-order chi connectivity index (χ0) is 26.5. The van der Waals surface area contributed by atoms with Crippen LogP contribution in [0.25, 0.3) is 48.3 Å². The second kappa shape index (κ2) is 11.5. The van der Waals surface area contributed by atoms with Gasteiger partial charge in [-0.3, -0.25) is 4.98 Å². The molecule has 2 nitrogen and oxygen atoms in total. The van der Waals surface area contributed by atoms with Gasteiger partial charge < -0.3 is 4.57 Å². The van der Waals surface area contributed by atoms with E-state index in [1.165, 1.54) is 95.6 Å². The van der Waals surface area contributed by atoms with Crippen LogP contribution in [0.2, 0.25) is 0 Å². The van der Waals surface area contributed by atoms with Crippen molar-refractivity contribution in [3.63, 3.8) is 0 Å². The summed E-state index contributed by atoms with van der Waals surface area (Å²) in [5.41, 5.74) is 7.84. The van der Waals surface area contributed by atoms with E-state index < -0.39 is 0 Å². The first-order valence-corrected chi connectivity index (χ1v) is 16.1. The molecule has 1 radical (unpaired) electrons. The van der Waals surface area contributed by atoms with E-state index >= 15 is 0 Å². The van der Waals surface area contributed by atoms with Crippen molar-refractivity contribution in [3.05, 3.63) is 96.1 Å². The molecule has 0 unspecified atom stereocenters. The Labute approximate surface area is 260 Å². The number of thiophene rings is 1. The van der Waals surface area contributed by atoms with Crippen molar-refractivity contribution in [2.45, 2.75) is 76.0 Å². The molecule has 0 aliphatic heterocycles. The van der Waals surface area contributed by atoms with Crippen molar-refractivity contribution in [3.8, 4) is 17.1 Å². The molecule has 8 rings (SSSR count). The van der Waals surface area contributed by atoms with Crippen LogP contribution in [0.15, 0.2) is 78.9 Å². The van der Waals surface area contributed by atoms with E-state index in [1.54, 1.807) is 11.1 Å². The molecule has 4 aromatic carbocycles. The number of para-hydroxylation sites is 2. The van der Waals surface area contributed by atoms with E-state index in [0.717, 1.165) is 16.9 Å². The molecule has 4 heteroatoms. The Morgan fingerprint density at radius 3 is 2.17 bits per heavy atom. The first kappa shape index (κ1) is 27.1. The smallest absolute Gasteiger partial charge is 0.0774 e. The maximum atomic E-state index is 5.26. The van der Waals surface area contributed by atoms with E-state index in [-0.39, 0.29) is 20.1 Å². The van der Waals surface area contributed by atoms with Crippen molar-refractivity contribution >= 4 is 42.5 Å². The number of rotatable bonds is 4. The second-order valence-corrected chi connectivity index (χ2v) is 13.0. The molecule has 2 heterocycles. The molecule has 0 saturated heterocycles. The number of hydrogen-bond acceptors (Lipinski definition) is 2. The van der Waals surface area contributed by atoms with Crippen LogP contribution in [-0.4, -0.2) is 9.55 Å². The summed E-state index contributed by atoms with van der Waals surface area (Å²) in [6.45, 7) is 0. The van der Waals surface area contributed by atoms with Gasteiger partial charge in [-0.05, 0) is 66.8 Å². The third-order valence-corrected chi connectivity index (χ3v) is 10.7. The summed E-state index contributed by atoms with van der Waals surface area (Å²) in [5, 5.41) is 2.84. The summed E-state index contributed by atoms with van der Waals surface area (Å²) >= 11 is 2.01. The molecule has 41 heavy (non-hydrogen) atoms. The summed E-state index contributed by atoms with van der Waals surface area (Å²) in [4.78, 5) is 5.26. The molecular formula is C37H35IrN2S-. The Morgan fingerprint density at radius 2 is 1.41 bits per heavy atom. The molecule has 0 N–H and O–H groups in total. The molecule has 0 bridgehead atoms. The van der Waals surface area contributed by atoms with Crippen LogP contribution >= 0.6 is 11.3 Å². The topological polar surface area (TPSA) is 17.8 Å². The summed E-state index contributed by atoms with van der Waals surface area (Å²) in [5.74, 6) is 2.26. The van der Waals surface area contributed by atoms with Crippen molar-refractivity contribution in [1.29, 1.82) is 0 Å². The van der Waals surface area contributed by atoms with E-state index in [0.29, 0.717) is 11.8 Å². The number of benzene rings is 4. The summed E-state index contributed by atoms with van der Waals surface area (Å²) < 4.78 is 5.41. The Hall–Kier alpha value is -2.78. The maximum absolute atomic E-state index is 5.26. The number of nitrogens with zero attached hydrogens (tertiary/aromatic N) is 2. The van der Waals surface area contributed by atoms with Gasteiger partial charge in [0.05, 0.1) is 22.5 Å². The molecule has 0 atom stereocenters. The van der Waals surface area contributed by atoms with Gasteiger partial charge in [-0.2, -0.15) is 0 Å². The third-order valence-electron chi connectivity index (χ3n) is 9.50. The number of aromatic nitrogens is 2. The first-order chi connectivity index (χ1) is 19.9. The summed E-state index contributed by atoms with van der Waals surface area (Å²) in [7, 11) is 0. The van der Waals surface area contributed by atoms with Crippen LogP contribution in [0.5, 0.6) is 0 Å². The zero-order valence-corrected chi connectivity index (χ0v) is 26.6. The van der Waals surface area contributed by atoms with Crippen molar-refractivity contribution < 1.29 is 20.1 Å². The molecule has 2 aromatic heterocycles. The molecule has 2 aliphatic rings. The number of fused-ring (bicyclic) bond motifs is 4. The van der Waals surface area contributed by atoms with Gasteiger partial charge >= 0.3 is 0 Å². The second-order valence-electron chi connectivity index (χ2n) is 11.9. The monoisotopic (exact) mass is 732 g/mol. The van der Waals surface area contributed by atoms with Gasteiger partial charge in [0.1, 0.15) is 0 Å². The molecule has 209 valence electrons. The SMILES string of the molecule is [Ir].[c-]1ccccc1-c1nc2ccccc2n1-c1c(C2CCCCC2)cc(C2CCCCC2)c2sc3ccccc3c12. The molecule has 0 spiro atoms. The fraction of sp³-hybridized carbons (Fsp3) is 0.324. The van der Waals surface area contributed by atoms with Crippen LogP contribution in [0.1, 0.15) is 87.2 Å². The maximum Gasteiger partial charge on any atom is 0.0774 e. The van der Waals surface area contributed by atoms with Gasteiger partial charge in [-0.25, -0.2) is 0 Å². The zero-order valence-electron chi connectivity index (χ0n) is 23.4. The minimum atomic E-state index is 0. The summed E-state index contributed by atoms with van der Waals surface area (Å²) in [6, 6.07) is 32.4. The van der Waals surface area contributed by atoms with Gasteiger partial charge in [0.25, 0.3) is 0 Å². The minimum absolute atomic E-state index is 0. The standard InChI is InChI=1S/C37H35N2S.Ir/c1-4-14-25(15-5-1)29-24-30(26-16-6-2-7-17-26)36-34(28-20-10-13-23-33(28)40-36)35(29)39-32-22-12-11-21-31(32)38-37(39)27-18-8-3-9-19-27;/h3,8-13,18,20-26H,1-2,4-7,14-17H2;/q-1;. The van der Waals surface area contributed by atoms with Crippen molar-refractivity contribution in [1.82, 2.24) is 9.55 Å². The van der Waals surface area contributed by atoms with Crippen LogP contribution < -0.4 is 0 Å². The van der Waals surface area contributed by atoms with E-state index in [4.69, 9.17) is 4.98 Å². The van der Waals surface area contributed by atoms with Gasteiger partial charge in [-0.15, -0.1) is 47.2 Å². The average molecular weight is 732 g/mol. The Balaban J connectivity index is 0.00000276. The van der Waals surface area contributed by atoms with E-state index in [2.05, 4.69) is 77.4 Å². The number of hydrogen-bond donors (Lipinski definition) is 0. The van der Waals surface area contributed by atoms with Crippen LogP contribution in [0.4, 0.5) is 0 Å². The Morgan fingerprint density at radius 1 is 0.732 bits per heavy atom. The first-order valence-electron chi connectivity index (χ1n) is 15.3. The molecule has 6 aromatic rings. The predicted octanol–water partition coefficient (Wildman–Crippen LogP) is 11.0. The molecule has 2 aliphatic carbocycles. The van der Waals surface area contributed by atoms with E-state index in [1.807, 2.05) is 23.5 Å².